The van der Waals surface area contributed by atoms with E-state index in [9.17, 15) is 15.2 Å². The standard InChI is InChI=1S/C29H24N8O2/c1-29(2,3)25-22(17-30)26(37(36-25)28-31-14-9-15-32-28)35-34-23-20-13-8-7-10-18(20)16-21(24(23)38)27(39)33-19-11-5-4-6-12-19/h4-16,38H,1-3H3,(H,33,39). The van der Waals surface area contributed by atoms with Gasteiger partial charge in [0, 0.05) is 28.9 Å². The lowest BCUT2D eigenvalue weighted by Gasteiger charge is -2.14. The van der Waals surface area contributed by atoms with Crippen molar-refractivity contribution in [3.05, 3.63) is 95.9 Å². The minimum absolute atomic E-state index is 0.0299. The Kier molecular flexibility index (Phi) is 6.56. The fourth-order valence-corrected chi connectivity index (χ4v) is 4.08. The highest BCUT2D eigenvalue weighted by atomic mass is 16.3. The number of aromatic hydroxyl groups is 1. The Morgan fingerprint density at radius 3 is 2.38 bits per heavy atom. The fourth-order valence-electron chi connectivity index (χ4n) is 4.08. The number of benzene rings is 3. The maximum atomic E-state index is 13.1. The summed E-state index contributed by atoms with van der Waals surface area (Å²) in [7, 11) is 0. The first-order chi connectivity index (χ1) is 18.8. The molecule has 192 valence electrons. The quantitative estimate of drug-likeness (QED) is 0.260. The van der Waals surface area contributed by atoms with Crippen LogP contribution >= 0.6 is 0 Å². The monoisotopic (exact) mass is 516 g/mol. The van der Waals surface area contributed by atoms with Crippen LogP contribution in [0.15, 0.2) is 89.4 Å². The summed E-state index contributed by atoms with van der Waals surface area (Å²) in [5, 5.41) is 38.7. The number of nitriles is 1. The number of fused-ring (bicyclic) bond motifs is 1. The number of phenolic OH excluding ortho intramolecular Hbond substituents is 1. The van der Waals surface area contributed by atoms with Gasteiger partial charge in [0.1, 0.15) is 17.3 Å². The SMILES string of the molecule is CC(C)(C)c1nn(-c2ncccn2)c(N=Nc2c(O)c(C(=O)Nc3ccccc3)cc3ccccc23)c1C#N. The number of aromatic nitrogens is 4. The molecule has 0 bridgehead atoms. The van der Waals surface area contributed by atoms with E-state index in [2.05, 4.69) is 36.7 Å². The summed E-state index contributed by atoms with van der Waals surface area (Å²) in [6.07, 6.45) is 3.11. The molecule has 3 aromatic carbocycles. The van der Waals surface area contributed by atoms with Crippen LogP contribution in [0.1, 0.15) is 42.4 Å². The van der Waals surface area contributed by atoms with E-state index >= 15 is 0 Å². The number of amides is 1. The molecule has 10 nitrogen and oxygen atoms in total. The number of hydrogen-bond acceptors (Lipinski definition) is 8. The van der Waals surface area contributed by atoms with E-state index < -0.39 is 11.3 Å². The van der Waals surface area contributed by atoms with Crippen LogP contribution in [-0.2, 0) is 5.41 Å². The second-order valence-corrected chi connectivity index (χ2v) is 9.73. The Morgan fingerprint density at radius 2 is 1.69 bits per heavy atom. The largest absolute Gasteiger partial charge is 0.505 e. The van der Waals surface area contributed by atoms with Crippen LogP contribution in [0, 0.1) is 11.3 Å². The Labute approximate surface area is 224 Å². The molecule has 2 aromatic heterocycles. The molecule has 5 rings (SSSR count). The number of azo groups is 1. The average molecular weight is 517 g/mol. The Bertz CT molecular complexity index is 1750. The van der Waals surface area contributed by atoms with Gasteiger partial charge in [-0.3, -0.25) is 4.79 Å². The summed E-state index contributed by atoms with van der Waals surface area (Å²) in [6, 6.07) is 21.6. The van der Waals surface area contributed by atoms with Gasteiger partial charge in [0.25, 0.3) is 11.9 Å². The van der Waals surface area contributed by atoms with Crippen LogP contribution < -0.4 is 5.32 Å². The normalized spacial score (nSPS) is 11.5. The van der Waals surface area contributed by atoms with E-state index in [0.29, 0.717) is 22.2 Å². The zero-order chi connectivity index (χ0) is 27.6. The molecular formula is C29H24N8O2. The fraction of sp³-hybridized carbons (Fsp3) is 0.138. The molecule has 0 aliphatic heterocycles. The van der Waals surface area contributed by atoms with E-state index in [0.717, 1.165) is 0 Å². The number of nitrogens with zero attached hydrogens (tertiary/aromatic N) is 7. The van der Waals surface area contributed by atoms with E-state index in [1.165, 1.54) is 4.68 Å². The van der Waals surface area contributed by atoms with Gasteiger partial charge in [-0.25, -0.2) is 9.97 Å². The first kappa shape index (κ1) is 25.2. The van der Waals surface area contributed by atoms with Crippen LogP contribution in [0.25, 0.3) is 16.7 Å². The van der Waals surface area contributed by atoms with Crippen molar-refractivity contribution in [2.45, 2.75) is 26.2 Å². The van der Waals surface area contributed by atoms with Crippen molar-refractivity contribution in [1.29, 1.82) is 5.26 Å². The summed E-state index contributed by atoms with van der Waals surface area (Å²) in [5.41, 5.74) is 0.909. The van der Waals surface area contributed by atoms with Crippen molar-refractivity contribution in [2.75, 3.05) is 5.32 Å². The molecule has 0 atom stereocenters. The van der Waals surface area contributed by atoms with Gasteiger partial charge in [-0.1, -0.05) is 63.2 Å². The second kappa shape index (κ2) is 10.1. The predicted molar refractivity (Wildman–Crippen MR) is 147 cm³/mol. The number of nitrogens with one attached hydrogen (secondary N) is 1. The van der Waals surface area contributed by atoms with Crippen LogP contribution in [0.5, 0.6) is 5.75 Å². The van der Waals surface area contributed by atoms with Crippen molar-refractivity contribution in [1.82, 2.24) is 19.7 Å². The average Bonchev–Trinajstić information content (AvgIpc) is 3.32. The minimum Gasteiger partial charge on any atom is -0.505 e. The van der Waals surface area contributed by atoms with E-state index in [1.54, 1.807) is 60.9 Å². The Morgan fingerprint density at radius 1 is 1.00 bits per heavy atom. The number of hydrogen-bond donors (Lipinski definition) is 2. The lowest BCUT2D eigenvalue weighted by Crippen LogP contribution is -2.14. The van der Waals surface area contributed by atoms with Crippen LogP contribution in [-0.4, -0.2) is 30.8 Å². The summed E-state index contributed by atoms with van der Waals surface area (Å²) < 4.78 is 1.35. The van der Waals surface area contributed by atoms with Gasteiger partial charge in [-0.15, -0.1) is 10.2 Å². The van der Waals surface area contributed by atoms with E-state index in [-0.39, 0.29) is 34.3 Å². The minimum atomic E-state index is -0.503. The number of anilines is 1. The zero-order valence-electron chi connectivity index (χ0n) is 21.5. The van der Waals surface area contributed by atoms with Gasteiger partial charge in [0.05, 0.1) is 11.3 Å². The molecule has 0 unspecified atom stereocenters. The molecule has 2 N–H and O–H groups in total. The van der Waals surface area contributed by atoms with E-state index in [1.807, 2.05) is 39.0 Å². The van der Waals surface area contributed by atoms with Crippen molar-refractivity contribution < 1.29 is 9.90 Å². The molecular weight excluding hydrogens is 492 g/mol. The van der Waals surface area contributed by atoms with Crippen LogP contribution in [0.2, 0.25) is 0 Å². The Balaban J connectivity index is 1.67. The third-order valence-corrected chi connectivity index (χ3v) is 5.94. The third kappa shape index (κ3) is 4.93. The van der Waals surface area contributed by atoms with Gasteiger partial charge in [0.2, 0.25) is 0 Å². The Hall–Kier alpha value is -5.43. The molecule has 39 heavy (non-hydrogen) atoms. The number of carbonyl (C=O) groups is 1. The molecule has 0 aliphatic carbocycles. The summed E-state index contributed by atoms with van der Waals surface area (Å²) in [6.45, 7) is 5.80. The highest BCUT2D eigenvalue weighted by molar-refractivity contribution is 6.11. The van der Waals surface area contributed by atoms with Crippen molar-refractivity contribution in [2.24, 2.45) is 10.2 Å². The molecule has 10 heteroatoms. The summed E-state index contributed by atoms with van der Waals surface area (Å²) in [5.74, 6) is -0.529. The topological polar surface area (TPSA) is 141 Å². The van der Waals surface area contributed by atoms with Gasteiger partial charge in [0.15, 0.2) is 11.6 Å². The van der Waals surface area contributed by atoms with Gasteiger partial charge >= 0.3 is 0 Å². The molecule has 0 fully saturated rings. The number of phenols is 1. The molecule has 0 radical (unpaired) electrons. The first-order valence-electron chi connectivity index (χ1n) is 12.1. The molecule has 1 amide bonds. The predicted octanol–water partition coefficient (Wildman–Crippen LogP) is 6.36. The zero-order valence-corrected chi connectivity index (χ0v) is 21.5. The number of rotatable bonds is 5. The van der Waals surface area contributed by atoms with Gasteiger partial charge < -0.3 is 10.4 Å². The lowest BCUT2D eigenvalue weighted by atomic mass is 9.90. The van der Waals surface area contributed by atoms with E-state index in [4.69, 9.17) is 0 Å². The number of carbonyl (C=O) groups excluding carboxylic acids is 1. The smallest absolute Gasteiger partial charge is 0.259 e. The molecule has 0 saturated heterocycles. The van der Waals surface area contributed by atoms with Gasteiger partial charge in [-0.2, -0.15) is 15.0 Å². The highest BCUT2D eigenvalue weighted by Crippen LogP contribution is 2.41. The van der Waals surface area contributed by atoms with Crippen LogP contribution in [0.3, 0.4) is 0 Å². The maximum absolute atomic E-state index is 13.1. The summed E-state index contributed by atoms with van der Waals surface area (Å²) in [4.78, 5) is 21.7. The highest BCUT2D eigenvalue weighted by Gasteiger charge is 2.29. The summed E-state index contributed by atoms with van der Waals surface area (Å²) >= 11 is 0. The molecule has 0 aliphatic rings. The van der Waals surface area contributed by atoms with Crippen molar-refractivity contribution in [3.63, 3.8) is 0 Å². The third-order valence-electron chi connectivity index (χ3n) is 5.94. The lowest BCUT2D eigenvalue weighted by molar-refractivity contribution is 0.102. The first-order valence-corrected chi connectivity index (χ1v) is 12.1. The second-order valence-electron chi connectivity index (χ2n) is 9.73. The molecule has 0 spiro atoms. The molecule has 2 heterocycles. The maximum Gasteiger partial charge on any atom is 0.259 e. The molecule has 5 aromatic rings. The molecule has 0 saturated carbocycles. The van der Waals surface area contributed by atoms with Crippen molar-refractivity contribution in [3.8, 4) is 17.8 Å². The van der Waals surface area contributed by atoms with Crippen molar-refractivity contribution >= 4 is 33.9 Å². The van der Waals surface area contributed by atoms with Crippen LogP contribution in [0.4, 0.5) is 17.2 Å². The number of para-hydroxylation sites is 1. The van der Waals surface area contributed by atoms with Gasteiger partial charge in [-0.05, 0) is 29.7 Å².